The first kappa shape index (κ1) is 22.0. The first-order valence-corrected chi connectivity index (χ1v) is 10.1. The van der Waals surface area contributed by atoms with Crippen LogP contribution in [0.1, 0.15) is 11.1 Å². The van der Waals surface area contributed by atoms with E-state index in [1.165, 1.54) is 30.5 Å². The quantitative estimate of drug-likeness (QED) is 0.254. The first-order chi connectivity index (χ1) is 15.0. The fourth-order valence-corrected chi connectivity index (χ4v) is 3.35. The molecule has 0 aliphatic heterocycles. The summed E-state index contributed by atoms with van der Waals surface area (Å²) in [6.45, 7) is 0. The summed E-state index contributed by atoms with van der Waals surface area (Å²) in [7, 11) is 1.60. The Kier molecular flexibility index (Phi) is 7.72. The number of rotatable bonds is 7. The van der Waals surface area contributed by atoms with E-state index in [0.717, 1.165) is 21.9 Å². The highest BCUT2D eigenvalue weighted by Gasteiger charge is 2.13. The smallest absolute Gasteiger partial charge is 0.329 e. The molecule has 0 aliphatic carbocycles. The van der Waals surface area contributed by atoms with Gasteiger partial charge in [-0.25, -0.2) is 14.8 Å². The van der Waals surface area contributed by atoms with Crippen molar-refractivity contribution >= 4 is 35.5 Å². The molecule has 2 amide bonds. The third-order valence-electron chi connectivity index (χ3n) is 4.01. The number of thioether (sulfide) groups is 1. The number of hydrazone groups is 1. The zero-order valence-corrected chi connectivity index (χ0v) is 17.4. The number of amides is 2. The molecule has 9 heteroatoms. The minimum absolute atomic E-state index is 0.302. The lowest BCUT2D eigenvalue weighted by molar-refractivity contribution is -0.136. The van der Waals surface area contributed by atoms with Gasteiger partial charge < -0.3 is 10.1 Å². The minimum atomic E-state index is -0.944. The highest BCUT2D eigenvalue weighted by atomic mass is 32.2. The van der Waals surface area contributed by atoms with Crippen molar-refractivity contribution in [3.05, 3.63) is 83.8 Å². The second-order valence-electron chi connectivity index (χ2n) is 6.19. The topological polar surface area (TPSA) is 92.7 Å². The van der Waals surface area contributed by atoms with Crippen LogP contribution < -0.4 is 15.5 Å². The fraction of sp³-hybridized carbons (Fsp3) is 0.0909. The molecule has 1 aromatic heterocycles. The molecule has 0 saturated heterocycles. The Morgan fingerprint density at radius 2 is 1.94 bits per heavy atom. The van der Waals surface area contributed by atoms with E-state index >= 15 is 0 Å². The maximum absolute atomic E-state index is 12.9. The summed E-state index contributed by atoms with van der Waals surface area (Å²) in [5, 5.41) is 7.08. The van der Waals surface area contributed by atoms with Gasteiger partial charge in [-0.15, -0.1) is 11.8 Å². The number of nitrogens with zero attached hydrogens (tertiary/aromatic N) is 2. The van der Waals surface area contributed by atoms with E-state index in [9.17, 15) is 14.0 Å². The maximum atomic E-state index is 12.9. The Hall–Kier alpha value is -3.72. The van der Waals surface area contributed by atoms with Gasteiger partial charge in [-0.1, -0.05) is 6.07 Å². The number of halogens is 1. The Morgan fingerprint density at radius 1 is 1.13 bits per heavy atom. The third-order valence-corrected chi connectivity index (χ3v) is 5.00. The molecule has 3 rings (SSSR count). The molecule has 3 aromatic rings. The van der Waals surface area contributed by atoms with Crippen molar-refractivity contribution in [1.29, 1.82) is 0 Å². The van der Waals surface area contributed by atoms with Crippen molar-refractivity contribution < 1.29 is 18.7 Å². The number of pyridine rings is 1. The van der Waals surface area contributed by atoms with Crippen LogP contribution in [-0.4, -0.2) is 30.1 Å². The van der Waals surface area contributed by atoms with Crippen molar-refractivity contribution in [1.82, 2.24) is 10.4 Å². The largest absolute Gasteiger partial charge is 0.496 e. The van der Waals surface area contributed by atoms with Crippen LogP contribution in [0.4, 0.5) is 10.1 Å². The minimum Gasteiger partial charge on any atom is -0.496 e. The number of benzene rings is 2. The van der Waals surface area contributed by atoms with E-state index in [-0.39, 0.29) is 0 Å². The number of anilines is 1. The van der Waals surface area contributed by atoms with Crippen LogP contribution in [0.25, 0.3) is 0 Å². The number of methoxy groups -OCH3 is 1. The highest BCUT2D eigenvalue weighted by Crippen LogP contribution is 2.27. The van der Waals surface area contributed by atoms with Crippen LogP contribution in [0.15, 0.2) is 77.0 Å². The van der Waals surface area contributed by atoms with Gasteiger partial charge >= 0.3 is 11.8 Å². The van der Waals surface area contributed by atoms with Crippen molar-refractivity contribution in [3.8, 4) is 5.75 Å². The lowest BCUT2D eigenvalue weighted by Crippen LogP contribution is -2.32. The SMILES string of the molecule is COc1ccc(/C=N/NC(=O)C(=O)Nc2ccc(F)cc2)cc1CSc1ccccn1. The Morgan fingerprint density at radius 3 is 2.65 bits per heavy atom. The van der Waals surface area contributed by atoms with Gasteiger partial charge in [0.05, 0.1) is 18.4 Å². The van der Waals surface area contributed by atoms with Crippen LogP contribution in [0.3, 0.4) is 0 Å². The Bertz CT molecular complexity index is 1080. The molecule has 158 valence electrons. The molecule has 0 aliphatic rings. The number of hydrogen-bond donors (Lipinski definition) is 2. The molecule has 0 atom stereocenters. The second-order valence-corrected chi connectivity index (χ2v) is 7.18. The van der Waals surface area contributed by atoms with Crippen molar-refractivity contribution in [2.24, 2.45) is 5.10 Å². The van der Waals surface area contributed by atoms with Crippen LogP contribution in [0.5, 0.6) is 5.75 Å². The van der Waals surface area contributed by atoms with Gasteiger partial charge in [-0.2, -0.15) is 5.10 Å². The van der Waals surface area contributed by atoms with Gasteiger partial charge in [-0.05, 0) is 60.2 Å². The average Bonchev–Trinajstić information content (AvgIpc) is 2.80. The lowest BCUT2D eigenvalue weighted by atomic mass is 10.1. The molecule has 2 aromatic carbocycles. The monoisotopic (exact) mass is 438 g/mol. The summed E-state index contributed by atoms with van der Waals surface area (Å²) >= 11 is 1.56. The maximum Gasteiger partial charge on any atom is 0.329 e. The van der Waals surface area contributed by atoms with Gasteiger partial charge in [0, 0.05) is 23.2 Å². The van der Waals surface area contributed by atoms with Crippen LogP contribution >= 0.6 is 11.8 Å². The van der Waals surface area contributed by atoms with Crippen molar-refractivity contribution in [2.45, 2.75) is 10.8 Å². The fourth-order valence-electron chi connectivity index (χ4n) is 2.51. The molecule has 0 spiro atoms. The van der Waals surface area contributed by atoms with Crippen molar-refractivity contribution in [2.75, 3.05) is 12.4 Å². The molecule has 1 heterocycles. The van der Waals surface area contributed by atoms with E-state index in [4.69, 9.17) is 4.74 Å². The van der Waals surface area contributed by atoms with Crippen LogP contribution in [0.2, 0.25) is 0 Å². The lowest BCUT2D eigenvalue weighted by Gasteiger charge is -2.09. The summed E-state index contributed by atoms with van der Waals surface area (Å²) in [6.07, 6.45) is 3.16. The molecule has 0 unspecified atom stereocenters. The summed E-state index contributed by atoms with van der Waals surface area (Å²) in [5.74, 6) is -0.938. The molecule has 0 radical (unpaired) electrons. The summed E-state index contributed by atoms with van der Waals surface area (Å²) in [6, 6.07) is 16.2. The number of hydrogen-bond acceptors (Lipinski definition) is 6. The normalized spacial score (nSPS) is 10.6. The molecule has 0 bridgehead atoms. The standard InChI is InChI=1S/C22H19FN4O3S/c1-30-19-10-5-15(12-16(19)14-31-20-4-2-3-11-24-20)13-25-27-22(29)21(28)26-18-8-6-17(23)7-9-18/h2-13H,14H2,1H3,(H,26,28)(H,27,29)/b25-13+. The highest BCUT2D eigenvalue weighted by molar-refractivity contribution is 7.98. The molecular weight excluding hydrogens is 419 g/mol. The number of carbonyl (C=O) groups excluding carboxylic acids is 2. The van der Waals surface area contributed by atoms with Gasteiger partial charge in [0.2, 0.25) is 0 Å². The van der Waals surface area contributed by atoms with E-state index < -0.39 is 17.6 Å². The average molecular weight is 438 g/mol. The summed E-state index contributed by atoms with van der Waals surface area (Å²) < 4.78 is 18.3. The van der Waals surface area contributed by atoms with E-state index in [2.05, 4.69) is 20.8 Å². The molecular formula is C22H19FN4O3S. The summed E-state index contributed by atoms with van der Waals surface area (Å²) in [4.78, 5) is 28.1. The predicted molar refractivity (Wildman–Crippen MR) is 118 cm³/mol. The molecule has 0 saturated carbocycles. The second kappa shape index (κ2) is 10.9. The molecule has 2 N–H and O–H groups in total. The first-order valence-electron chi connectivity index (χ1n) is 9.16. The van der Waals surface area contributed by atoms with Gasteiger partial charge in [-0.3, -0.25) is 9.59 Å². The molecule has 7 nitrogen and oxygen atoms in total. The Balaban J connectivity index is 1.58. The van der Waals surface area contributed by atoms with Gasteiger partial charge in [0.1, 0.15) is 11.6 Å². The zero-order chi connectivity index (χ0) is 22.1. The number of aromatic nitrogens is 1. The van der Waals surface area contributed by atoms with E-state index in [1.54, 1.807) is 37.2 Å². The van der Waals surface area contributed by atoms with Gasteiger partial charge in [0.25, 0.3) is 0 Å². The predicted octanol–water partition coefficient (Wildman–Crippen LogP) is 3.61. The van der Waals surface area contributed by atoms with E-state index in [0.29, 0.717) is 11.4 Å². The third kappa shape index (κ3) is 6.65. The zero-order valence-electron chi connectivity index (χ0n) is 16.5. The van der Waals surface area contributed by atoms with Crippen LogP contribution in [-0.2, 0) is 15.3 Å². The molecule has 31 heavy (non-hydrogen) atoms. The number of ether oxygens (including phenoxy) is 1. The molecule has 0 fully saturated rings. The number of nitrogens with one attached hydrogen (secondary N) is 2. The number of carbonyl (C=O) groups is 2. The summed E-state index contributed by atoms with van der Waals surface area (Å²) in [5.41, 5.74) is 4.12. The Labute approximate surface area is 182 Å². The van der Waals surface area contributed by atoms with Gasteiger partial charge in [0.15, 0.2) is 0 Å². The van der Waals surface area contributed by atoms with E-state index in [1.807, 2.05) is 24.3 Å². The van der Waals surface area contributed by atoms with Crippen LogP contribution in [0, 0.1) is 5.82 Å². The van der Waals surface area contributed by atoms with Crippen molar-refractivity contribution in [3.63, 3.8) is 0 Å².